The molecule has 2 atom stereocenters. The molecule has 21 heavy (non-hydrogen) atoms. The Hall–Kier alpha value is -1.32. The van der Waals surface area contributed by atoms with Gasteiger partial charge in [-0.15, -0.1) is 0 Å². The second-order valence-corrected chi connectivity index (χ2v) is 6.02. The van der Waals surface area contributed by atoms with Crippen molar-refractivity contribution in [2.45, 2.75) is 45.7 Å². The van der Waals surface area contributed by atoms with Crippen molar-refractivity contribution in [3.05, 3.63) is 52.3 Å². The fourth-order valence-electron chi connectivity index (χ4n) is 2.41. The van der Waals surface area contributed by atoms with Gasteiger partial charge in [-0.25, -0.2) is 0 Å². The largest absolute Gasteiger partial charge is 0.313 e. The lowest BCUT2D eigenvalue weighted by Gasteiger charge is -2.17. The summed E-state index contributed by atoms with van der Waals surface area (Å²) in [6.45, 7) is 6.41. The van der Waals surface area contributed by atoms with Crippen molar-refractivity contribution in [2.75, 3.05) is 7.05 Å². The Bertz CT molecular complexity index is 591. The van der Waals surface area contributed by atoms with Gasteiger partial charge in [0.15, 0.2) is 0 Å². The summed E-state index contributed by atoms with van der Waals surface area (Å²) in [7, 11) is 1.96. The monoisotopic (exact) mass is 305 g/mol. The number of nitrogens with one attached hydrogen (secondary N) is 1. The maximum Gasteiger partial charge on any atom is 0.0643 e. The third-order valence-electron chi connectivity index (χ3n) is 4.00. The Balaban J connectivity index is 2.17. The van der Waals surface area contributed by atoms with Crippen molar-refractivity contribution in [1.82, 2.24) is 15.1 Å². The topological polar surface area (TPSA) is 29.9 Å². The first-order valence-corrected chi connectivity index (χ1v) is 7.90. The summed E-state index contributed by atoms with van der Waals surface area (Å²) in [6, 6.07) is 8.93. The highest BCUT2D eigenvalue weighted by Crippen LogP contribution is 2.26. The van der Waals surface area contributed by atoms with Crippen molar-refractivity contribution < 1.29 is 0 Å². The lowest BCUT2D eigenvalue weighted by molar-refractivity contribution is 0.469. The minimum atomic E-state index is 0.179. The van der Waals surface area contributed by atoms with Gasteiger partial charge in [0.05, 0.1) is 5.69 Å². The zero-order valence-electron chi connectivity index (χ0n) is 13.2. The molecule has 0 aliphatic rings. The number of benzene rings is 1. The number of halogens is 1. The van der Waals surface area contributed by atoms with Gasteiger partial charge in [-0.1, -0.05) is 30.7 Å². The first-order valence-electron chi connectivity index (χ1n) is 7.52. The minimum Gasteiger partial charge on any atom is -0.313 e. The fourth-order valence-corrected chi connectivity index (χ4v) is 2.78. The van der Waals surface area contributed by atoms with Crippen LogP contribution in [0, 0.1) is 6.92 Å². The Morgan fingerprint density at radius 3 is 2.71 bits per heavy atom. The normalized spacial score (nSPS) is 14.1. The van der Waals surface area contributed by atoms with Crippen LogP contribution in [0.4, 0.5) is 0 Å². The van der Waals surface area contributed by atoms with Gasteiger partial charge in [-0.05, 0) is 50.6 Å². The highest BCUT2D eigenvalue weighted by Gasteiger charge is 2.15. The van der Waals surface area contributed by atoms with Gasteiger partial charge in [0.1, 0.15) is 0 Å². The van der Waals surface area contributed by atoms with Crippen molar-refractivity contribution in [3.8, 4) is 0 Å². The molecule has 1 aromatic carbocycles. The van der Waals surface area contributed by atoms with E-state index in [1.807, 2.05) is 17.8 Å². The van der Waals surface area contributed by atoms with E-state index in [-0.39, 0.29) is 6.04 Å². The molecule has 1 heterocycles. The van der Waals surface area contributed by atoms with E-state index in [1.165, 1.54) is 5.56 Å². The van der Waals surface area contributed by atoms with Gasteiger partial charge in [-0.3, -0.25) is 4.68 Å². The van der Waals surface area contributed by atoms with E-state index in [4.69, 9.17) is 11.6 Å². The number of aromatic nitrogens is 2. The number of aryl methyl sites for hydroxylation is 1. The van der Waals surface area contributed by atoms with Crippen LogP contribution in [0.15, 0.2) is 30.5 Å². The minimum absolute atomic E-state index is 0.179. The van der Waals surface area contributed by atoms with Gasteiger partial charge in [0.25, 0.3) is 0 Å². The third-order valence-corrected chi connectivity index (χ3v) is 4.33. The highest BCUT2D eigenvalue weighted by atomic mass is 35.5. The molecule has 0 saturated carbocycles. The number of nitrogens with zero attached hydrogens (tertiary/aromatic N) is 2. The van der Waals surface area contributed by atoms with Crippen LogP contribution in [0.3, 0.4) is 0 Å². The summed E-state index contributed by atoms with van der Waals surface area (Å²) in [5.41, 5.74) is 3.40. The van der Waals surface area contributed by atoms with E-state index in [2.05, 4.69) is 55.6 Å². The lowest BCUT2D eigenvalue weighted by atomic mass is 10.0. The van der Waals surface area contributed by atoms with Crippen LogP contribution >= 0.6 is 11.6 Å². The van der Waals surface area contributed by atoms with E-state index < -0.39 is 0 Å². The molecule has 4 heteroatoms. The molecule has 0 spiro atoms. The Kier molecular flexibility index (Phi) is 5.43. The molecule has 0 bridgehead atoms. The second kappa shape index (κ2) is 7.10. The summed E-state index contributed by atoms with van der Waals surface area (Å²) in [4.78, 5) is 0. The molecule has 2 rings (SSSR count). The Morgan fingerprint density at radius 1 is 1.33 bits per heavy atom. The van der Waals surface area contributed by atoms with Crippen molar-refractivity contribution in [3.63, 3.8) is 0 Å². The highest BCUT2D eigenvalue weighted by molar-refractivity contribution is 6.31. The molecule has 3 nitrogen and oxygen atoms in total. The molecule has 0 aliphatic carbocycles. The van der Waals surface area contributed by atoms with Crippen LogP contribution in [0.5, 0.6) is 0 Å². The quantitative estimate of drug-likeness (QED) is 0.861. The maximum atomic E-state index is 6.38. The molecule has 0 amide bonds. The molecule has 1 N–H and O–H groups in total. The molecular weight excluding hydrogens is 282 g/mol. The first kappa shape index (κ1) is 16.1. The zero-order valence-corrected chi connectivity index (χ0v) is 14.0. The molecule has 0 fully saturated rings. The van der Waals surface area contributed by atoms with Crippen LogP contribution in [0.1, 0.15) is 49.2 Å². The summed E-state index contributed by atoms with van der Waals surface area (Å²) >= 11 is 6.38. The van der Waals surface area contributed by atoms with Gasteiger partial charge in [-0.2, -0.15) is 5.10 Å². The van der Waals surface area contributed by atoms with Crippen LogP contribution in [0.25, 0.3) is 0 Å². The molecule has 1 aromatic heterocycles. The molecule has 114 valence electrons. The van der Waals surface area contributed by atoms with Gasteiger partial charge in [0.2, 0.25) is 0 Å². The summed E-state index contributed by atoms with van der Waals surface area (Å²) < 4.78 is 2.04. The average molecular weight is 306 g/mol. The Labute approximate surface area is 132 Å². The van der Waals surface area contributed by atoms with Crippen molar-refractivity contribution >= 4 is 11.6 Å². The standard InChI is InChI=1S/C17H24ClN3/c1-5-13(3)21-9-8-14(20-21)11-17(19-4)15-7-6-12(2)10-16(15)18/h6-10,13,17,19H,5,11H2,1-4H3. The maximum absolute atomic E-state index is 6.38. The predicted octanol–water partition coefficient (Wildman–Crippen LogP) is 4.32. The van der Waals surface area contributed by atoms with Crippen LogP contribution < -0.4 is 5.32 Å². The summed E-state index contributed by atoms with van der Waals surface area (Å²) in [5, 5.41) is 8.84. The molecule has 0 aliphatic heterocycles. The molecule has 0 saturated heterocycles. The van der Waals surface area contributed by atoms with Crippen molar-refractivity contribution in [1.29, 1.82) is 0 Å². The fraction of sp³-hybridized carbons (Fsp3) is 0.471. The SMILES string of the molecule is CCC(C)n1ccc(CC(NC)c2ccc(C)cc2Cl)n1. The third kappa shape index (κ3) is 3.86. The van der Waals surface area contributed by atoms with Crippen LogP contribution in [-0.4, -0.2) is 16.8 Å². The molecule has 0 radical (unpaired) electrons. The smallest absolute Gasteiger partial charge is 0.0643 e. The van der Waals surface area contributed by atoms with E-state index in [9.17, 15) is 0 Å². The number of likely N-dealkylation sites (N-methyl/N-ethyl adjacent to an activating group) is 1. The number of rotatable bonds is 6. The Morgan fingerprint density at radius 2 is 2.10 bits per heavy atom. The first-order chi connectivity index (χ1) is 10.0. The molecular formula is C17H24ClN3. The van der Waals surface area contributed by atoms with E-state index >= 15 is 0 Å². The van der Waals surface area contributed by atoms with Gasteiger partial charge >= 0.3 is 0 Å². The van der Waals surface area contributed by atoms with Crippen molar-refractivity contribution in [2.24, 2.45) is 0 Å². The van der Waals surface area contributed by atoms with Crippen LogP contribution in [0.2, 0.25) is 5.02 Å². The lowest BCUT2D eigenvalue weighted by Crippen LogP contribution is -2.19. The molecule has 2 unspecified atom stereocenters. The van der Waals surface area contributed by atoms with E-state index in [0.717, 1.165) is 29.1 Å². The van der Waals surface area contributed by atoms with E-state index in [0.29, 0.717) is 6.04 Å². The summed E-state index contributed by atoms with van der Waals surface area (Å²) in [6.07, 6.45) is 3.98. The van der Waals surface area contributed by atoms with E-state index in [1.54, 1.807) is 0 Å². The zero-order chi connectivity index (χ0) is 15.4. The summed E-state index contributed by atoms with van der Waals surface area (Å²) in [5.74, 6) is 0. The van der Waals surface area contributed by atoms with Crippen LogP contribution in [-0.2, 0) is 6.42 Å². The predicted molar refractivity (Wildman–Crippen MR) is 88.9 cm³/mol. The van der Waals surface area contributed by atoms with Gasteiger partial charge in [0, 0.05) is 29.7 Å². The second-order valence-electron chi connectivity index (χ2n) is 5.61. The number of hydrogen-bond acceptors (Lipinski definition) is 2. The van der Waals surface area contributed by atoms with Gasteiger partial charge < -0.3 is 5.32 Å². The average Bonchev–Trinajstić information content (AvgIpc) is 2.93. The number of hydrogen-bond donors (Lipinski definition) is 1. The molecule has 2 aromatic rings.